The van der Waals surface area contributed by atoms with Gasteiger partial charge in [-0.1, -0.05) is 35.3 Å². The van der Waals surface area contributed by atoms with Crippen LogP contribution in [0.4, 0.5) is 0 Å². The van der Waals surface area contributed by atoms with Crippen molar-refractivity contribution in [3.8, 4) is 0 Å². The lowest BCUT2D eigenvalue weighted by Crippen LogP contribution is -2.00. The van der Waals surface area contributed by atoms with Gasteiger partial charge in [-0.15, -0.1) is 0 Å². The summed E-state index contributed by atoms with van der Waals surface area (Å²) in [6.45, 7) is 2.05. The number of carbonyl (C=O) groups excluding carboxylic acids is 1. The van der Waals surface area contributed by atoms with Crippen LogP contribution in [-0.2, 0) is 11.2 Å². The van der Waals surface area contributed by atoms with Gasteiger partial charge >= 0.3 is 5.97 Å². The van der Waals surface area contributed by atoms with E-state index >= 15 is 0 Å². The van der Waals surface area contributed by atoms with E-state index in [0.29, 0.717) is 22.0 Å². The second kappa shape index (κ2) is 6.26. The number of aromatic amines is 1. The molecule has 0 radical (unpaired) electrons. The van der Waals surface area contributed by atoms with E-state index in [2.05, 4.69) is 11.9 Å². The molecule has 3 aromatic rings. The molecule has 0 saturated heterocycles. The second-order valence-corrected chi connectivity index (χ2v) is 6.24. The topological polar surface area (TPSA) is 42.1 Å². The van der Waals surface area contributed by atoms with E-state index in [1.165, 1.54) is 7.11 Å². The summed E-state index contributed by atoms with van der Waals surface area (Å²) in [5.74, 6) is -0.346. The lowest BCUT2D eigenvalue weighted by Gasteiger charge is -2.04. The number of rotatable bonds is 3. The van der Waals surface area contributed by atoms with Crippen molar-refractivity contribution in [2.24, 2.45) is 0 Å². The molecule has 0 aliphatic rings. The van der Waals surface area contributed by atoms with E-state index in [4.69, 9.17) is 27.9 Å². The number of methoxy groups -OCH3 is 1. The molecule has 0 aliphatic heterocycles. The molecule has 0 aliphatic carbocycles. The summed E-state index contributed by atoms with van der Waals surface area (Å²) >= 11 is 12.2. The first-order valence-electron chi connectivity index (χ1n) is 7.13. The van der Waals surface area contributed by atoms with E-state index in [9.17, 15) is 4.79 Å². The normalized spacial score (nSPS) is 11.0. The third-order valence-electron chi connectivity index (χ3n) is 3.97. The number of aromatic nitrogens is 1. The molecule has 0 bridgehead atoms. The molecule has 5 heteroatoms. The molecule has 0 amide bonds. The molecule has 2 aromatic carbocycles. The fraction of sp³-hybridized carbons (Fsp3) is 0.167. The highest BCUT2D eigenvalue weighted by atomic mass is 35.5. The number of nitrogens with one attached hydrogen (secondary N) is 1. The predicted molar refractivity (Wildman–Crippen MR) is 93.6 cm³/mol. The van der Waals surface area contributed by atoms with Gasteiger partial charge < -0.3 is 9.72 Å². The van der Waals surface area contributed by atoms with Crippen LogP contribution in [-0.4, -0.2) is 18.1 Å². The maximum absolute atomic E-state index is 11.7. The number of ether oxygens (including phenoxy) is 1. The Labute approximate surface area is 144 Å². The smallest absolute Gasteiger partial charge is 0.337 e. The fourth-order valence-electron chi connectivity index (χ4n) is 2.67. The zero-order valence-corrected chi connectivity index (χ0v) is 14.3. The van der Waals surface area contributed by atoms with Gasteiger partial charge in [0.1, 0.15) is 0 Å². The Balaban J connectivity index is 2.01. The summed E-state index contributed by atoms with van der Waals surface area (Å²) in [6, 6.07) is 11.0. The number of hydrogen-bond acceptors (Lipinski definition) is 2. The number of hydrogen-bond donors (Lipinski definition) is 1. The molecule has 1 heterocycles. The van der Waals surface area contributed by atoms with Crippen molar-refractivity contribution in [1.82, 2.24) is 4.98 Å². The number of aryl methyl sites for hydroxylation is 1. The largest absolute Gasteiger partial charge is 0.465 e. The average molecular weight is 348 g/mol. The van der Waals surface area contributed by atoms with Gasteiger partial charge in [-0.25, -0.2) is 4.79 Å². The molecule has 0 spiro atoms. The van der Waals surface area contributed by atoms with Crippen molar-refractivity contribution >= 4 is 40.1 Å². The van der Waals surface area contributed by atoms with Crippen LogP contribution in [0.5, 0.6) is 0 Å². The fourth-order valence-corrected chi connectivity index (χ4v) is 3.15. The molecule has 1 N–H and O–H groups in total. The monoisotopic (exact) mass is 347 g/mol. The SMILES string of the molecule is COC(=O)c1ccc2c(C)c(Cc3ccc(Cl)cc3Cl)[nH]c2c1. The Kier molecular flexibility index (Phi) is 4.33. The van der Waals surface area contributed by atoms with E-state index in [0.717, 1.165) is 27.7 Å². The van der Waals surface area contributed by atoms with E-state index in [1.807, 2.05) is 18.2 Å². The minimum atomic E-state index is -0.346. The molecule has 3 nitrogen and oxygen atoms in total. The third kappa shape index (κ3) is 3.07. The van der Waals surface area contributed by atoms with Crippen molar-refractivity contribution < 1.29 is 9.53 Å². The number of fused-ring (bicyclic) bond motifs is 1. The summed E-state index contributed by atoms with van der Waals surface area (Å²) in [5.41, 5.74) is 4.63. The molecule has 118 valence electrons. The quantitative estimate of drug-likeness (QED) is 0.664. The lowest BCUT2D eigenvalue weighted by molar-refractivity contribution is 0.0601. The first-order chi connectivity index (χ1) is 11.0. The number of halogens is 2. The number of H-pyrrole nitrogens is 1. The van der Waals surface area contributed by atoms with Crippen LogP contribution in [0.2, 0.25) is 10.0 Å². The van der Waals surface area contributed by atoms with Gasteiger partial charge in [-0.05, 0) is 42.3 Å². The third-order valence-corrected chi connectivity index (χ3v) is 4.55. The van der Waals surface area contributed by atoms with Crippen LogP contribution < -0.4 is 0 Å². The van der Waals surface area contributed by atoms with Crippen LogP contribution in [0.3, 0.4) is 0 Å². The van der Waals surface area contributed by atoms with Crippen LogP contribution in [0.1, 0.15) is 27.2 Å². The number of esters is 1. The van der Waals surface area contributed by atoms with E-state index in [1.54, 1.807) is 18.2 Å². The highest BCUT2D eigenvalue weighted by Crippen LogP contribution is 2.28. The maximum Gasteiger partial charge on any atom is 0.337 e. The molecular weight excluding hydrogens is 333 g/mol. The zero-order valence-electron chi connectivity index (χ0n) is 12.7. The van der Waals surface area contributed by atoms with Crippen LogP contribution in [0.25, 0.3) is 10.9 Å². The standard InChI is InChI=1S/C18H15Cl2NO2/c1-10-14-6-4-12(18(22)23-2)8-17(14)21-16(10)7-11-3-5-13(19)9-15(11)20/h3-6,8-9,21H,7H2,1-2H3. The van der Waals surface area contributed by atoms with Gasteiger partial charge in [-0.2, -0.15) is 0 Å². The van der Waals surface area contributed by atoms with Gasteiger partial charge in [0.25, 0.3) is 0 Å². The number of benzene rings is 2. The van der Waals surface area contributed by atoms with Crippen LogP contribution in [0.15, 0.2) is 36.4 Å². The van der Waals surface area contributed by atoms with Crippen molar-refractivity contribution in [3.05, 3.63) is 68.8 Å². The molecule has 0 saturated carbocycles. The van der Waals surface area contributed by atoms with Crippen molar-refractivity contribution in [3.63, 3.8) is 0 Å². The molecule has 3 rings (SSSR count). The Bertz CT molecular complexity index is 899. The Morgan fingerprint density at radius 2 is 1.96 bits per heavy atom. The van der Waals surface area contributed by atoms with Gasteiger partial charge in [0, 0.05) is 33.1 Å². The number of carbonyl (C=O) groups is 1. The van der Waals surface area contributed by atoms with Crippen molar-refractivity contribution in [2.75, 3.05) is 7.11 Å². The molecule has 1 aromatic heterocycles. The van der Waals surface area contributed by atoms with Crippen LogP contribution in [0, 0.1) is 6.92 Å². The van der Waals surface area contributed by atoms with Gasteiger partial charge in [0.15, 0.2) is 0 Å². The predicted octanol–water partition coefficient (Wildman–Crippen LogP) is 5.16. The molecule has 0 unspecified atom stereocenters. The van der Waals surface area contributed by atoms with Gasteiger partial charge in [-0.3, -0.25) is 0 Å². The summed E-state index contributed by atoms with van der Waals surface area (Å²) in [4.78, 5) is 15.0. The summed E-state index contributed by atoms with van der Waals surface area (Å²) in [5, 5.41) is 2.35. The Morgan fingerprint density at radius 3 is 2.65 bits per heavy atom. The Morgan fingerprint density at radius 1 is 1.17 bits per heavy atom. The van der Waals surface area contributed by atoms with Gasteiger partial charge in [0.05, 0.1) is 12.7 Å². The molecule has 23 heavy (non-hydrogen) atoms. The van der Waals surface area contributed by atoms with Crippen LogP contribution >= 0.6 is 23.2 Å². The van der Waals surface area contributed by atoms with E-state index in [-0.39, 0.29) is 5.97 Å². The van der Waals surface area contributed by atoms with Crippen molar-refractivity contribution in [2.45, 2.75) is 13.3 Å². The Hall–Kier alpha value is -1.97. The second-order valence-electron chi connectivity index (χ2n) is 5.39. The summed E-state index contributed by atoms with van der Waals surface area (Å²) < 4.78 is 4.76. The molecule has 0 atom stereocenters. The highest BCUT2D eigenvalue weighted by molar-refractivity contribution is 6.35. The van der Waals surface area contributed by atoms with E-state index < -0.39 is 0 Å². The molecule has 0 fully saturated rings. The maximum atomic E-state index is 11.7. The minimum absolute atomic E-state index is 0.346. The summed E-state index contributed by atoms with van der Waals surface area (Å²) in [7, 11) is 1.38. The zero-order chi connectivity index (χ0) is 16.6. The first kappa shape index (κ1) is 15.9. The lowest BCUT2D eigenvalue weighted by atomic mass is 10.1. The van der Waals surface area contributed by atoms with Gasteiger partial charge in [0.2, 0.25) is 0 Å². The summed E-state index contributed by atoms with van der Waals surface area (Å²) in [6.07, 6.45) is 0.671. The highest BCUT2D eigenvalue weighted by Gasteiger charge is 2.13. The first-order valence-corrected chi connectivity index (χ1v) is 7.88. The minimum Gasteiger partial charge on any atom is -0.465 e. The van der Waals surface area contributed by atoms with Crippen molar-refractivity contribution in [1.29, 1.82) is 0 Å². The average Bonchev–Trinajstić information content (AvgIpc) is 2.85. The molecular formula is C18H15Cl2NO2.